The summed E-state index contributed by atoms with van der Waals surface area (Å²) in [6, 6.07) is 0.109. The van der Waals surface area contributed by atoms with Gasteiger partial charge >= 0.3 is 0 Å². The van der Waals surface area contributed by atoms with Gasteiger partial charge in [0, 0.05) is 38.3 Å². The maximum absolute atomic E-state index is 13.4. The normalized spacial score (nSPS) is 24.0. The molecule has 0 aromatic rings. The predicted octanol–water partition coefficient (Wildman–Crippen LogP) is 2.78. The van der Waals surface area contributed by atoms with Gasteiger partial charge in [-0.3, -0.25) is 14.0 Å². The van der Waals surface area contributed by atoms with Crippen molar-refractivity contribution in [2.75, 3.05) is 59.3 Å². The summed E-state index contributed by atoms with van der Waals surface area (Å²) in [5.41, 5.74) is 0. The number of carbonyl (C=O) groups excluding carboxylic acids is 2. The highest BCUT2D eigenvalue weighted by molar-refractivity contribution is 5.88. The fraction of sp³-hybridized carbons (Fsp3) is 0.920. The number of piperidine rings is 1. The summed E-state index contributed by atoms with van der Waals surface area (Å²) >= 11 is 0. The van der Waals surface area contributed by atoms with Gasteiger partial charge in [-0.05, 0) is 58.0 Å². The van der Waals surface area contributed by atoms with Gasteiger partial charge < -0.3 is 24.6 Å². The quantitative estimate of drug-likeness (QED) is 0.445. The Hall–Kier alpha value is -1.25. The van der Waals surface area contributed by atoms with Crippen LogP contribution in [0.4, 0.5) is 4.39 Å². The van der Waals surface area contributed by atoms with E-state index in [2.05, 4.69) is 10.2 Å². The monoisotopic (exact) mass is 469 g/mol. The molecule has 1 N–H and O–H groups in total. The zero-order valence-electron chi connectivity index (χ0n) is 20.4. The zero-order valence-corrected chi connectivity index (χ0v) is 20.4. The maximum atomic E-state index is 13.4. The third-order valence-electron chi connectivity index (χ3n) is 7.57. The van der Waals surface area contributed by atoms with E-state index in [0.717, 1.165) is 32.4 Å². The molecule has 0 spiro atoms. The van der Waals surface area contributed by atoms with Gasteiger partial charge in [0.1, 0.15) is 6.04 Å². The fourth-order valence-electron chi connectivity index (χ4n) is 5.75. The standard InChI is InChI=1S/C25H44FN3O4/c1-2-32-17-13-27-25(31)24(29(23(30)8-12-26)18-20-11-16-33-19-20)21-9-14-28(15-10-21)22-6-4-3-5-7-22/h20-22,24H,2-19H2,1H3,(H,27,31). The van der Waals surface area contributed by atoms with Gasteiger partial charge in [0.05, 0.1) is 26.3 Å². The second-order valence-corrected chi connectivity index (χ2v) is 9.81. The average Bonchev–Trinajstić information content (AvgIpc) is 3.36. The van der Waals surface area contributed by atoms with Crippen LogP contribution in [-0.4, -0.2) is 93.0 Å². The molecule has 8 heteroatoms. The van der Waals surface area contributed by atoms with Crippen LogP contribution in [-0.2, 0) is 19.1 Å². The smallest absolute Gasteiger partial charge is 0.243 e. The molecule has 33 heavy (non-hydrogen) atoms. The average molecular weight is 470 g/mol. The summed E-state index contributed by atoms with van der Waals surface area (Å²) in [5.74, 6) is -0.0987. The number of halogens is 1. The van der Waals surface area contributed by atoms with Crippen LogP contribution in [0, 0.1) is 11.8 Å². The Kier molecular flexibility index (Phi) is 11.4. The summed E-state index contributed by atoms with van der Waals surface area (Å²) in [5, 5.41) is 3.00. The first-order valence-electron chi connectivity index (χ1n) is 13.2. The first-order valence-corrected chi connectivity index (χ1v) is 13.2. The fourth-order valence-corrected chi connectivity index (χ4v) is 5.75. The molecular formula is C25H44FN3O4. The van der Waals surface area contributed by atoms with Crippen LogP contribution >= 0.6 is 0 Å². The number of amides is 2. The van der Waals surface area contributed by atoms with Crippen LogP contribution in [0.1, 0.15) is 64.7 Å². The Labute approximate surface area is 198 Å². The lowest BCUT2D eigenvalue weighted by molar-refractivity contribution is -0.144. The van der Waals surface area contributed by atoms with E-state index >= 15 is 0 Å². The lowest BCUT2D eigenvalue weighted by Crippen LogP contribution is -2.57. The predicted molar refractivity (Wildman–Crippen MR) is 126 cm³/mol. The highest BCUT2D eigenvalue weighted by atomic mass is 19.1. The minimum atomic E-state index is -0.699. The van der Waals surface area contributed by atoms with Gasteiger partial charge in [-0.1, -0.05) is 19.3 Å². The van der Waals surface area contributed by atoms with Crippen molar-refractivity contribution in [3.05, 3.63) is 0 Å². The van der Waals surface area contributed by atoms with E-state index in [9.17, 15) is 14.0 Å². The van der Waals surface area contributed by atoms with E-state index in [0.29, 0.717) is 45.6 Å². The highest BCUT2D eigenvalue weighted by Gasteiger charge is 2.40. The number of likely N-dealkylation sites (tertiary alicyclic amines) is 1. The molecule has 2 atom stereocenters. The molecule has 190 valence electrons. The number of nitrogens with one attached hydrogen (secondary N) is 1. The highest BCUT2D eigenvalue weighted by Crippen LogP contribution is 2.31. The van der Waals surface area contributed by atoms with Crippen molar-refractivity contribution in [2.24, 2.45) is 11.8 Å². The van der Waals surface area contributed by atoms with Crippen LogP contribution in [0.2, 0.25) is 0 Å². The molecule has 2 amide bonds. The van der Waals surface area contributed by atoms with Crippen molar-refractivity contribution < 1.29 is 23.5 Å². The van der Waals surface area contributed by atoms with E-state index < -0.39 is 12.7 Å². The Bertz CT molecular complexity index is 588. The summed E-state index contributed by atoms with van der Waals surface area (Å²) in [7, 11) is 0. The molecule has 2 heterocycles. The third-order valence-corrected chi connectivity index (χ3v) is 7.57. The van der Waals surface area contributed by atoms with Gasteiger partial charge in [0.2, 0.25) is 11.8 Å². The van der Waals surface area contributed by atoms with E-state index in [1.54, 1.807) is 4.90 Å². The molecule has 2 saturated heterocycles. The molecule has 0 radical (unpaired) electrons. The van der Waals surface area contributed by atoms with E-state index in [4.69, 9.17) is 9.47 Å². The molecule has 3 aliphatic rings. The SMILES string of the molecule is CCOCCNC(=O)C(C1CCN(C2CCCCC2)CC1)N(CC1CCOC1)C(=O)CCF. The second kappa shape index (κ2) is 14.2. The zero-order chi connectivity index (χ0) is 23.5. The van der Waals surface area contributed by atoms with Crippen molar-refractivity contribution in [1.29, 1.82) is 0 Å². The first kappa shape index (κ1) is 26.4. The van der Waals surface area contributed by atoms with Gasteiger partial charge in [-0.15, -0.1) is 0 Å². The third kappa shape index (κ3) is 7.89. The molecule has 1 saturated carbocycles. The summed E-state index contributed by atoms with van der Waals surface area (Å²) in [4.78, 5) is 30.7. The molecule has 7 nitrogen and oxygen atoms in total. The van der Waals surface area contributed by atoms with Gasteiger partial charge in [0.25, 0.3) is 0 Å². The molecule has 2 aliphatic heterocycles. The number of alkyl halides is 1. The molecule has 1 aliphatic carbocycles. The lowest BCUT2D eigenvalue weighted by Gasteiger charge is -2.43. The van der Waals surface area contributed by atoms with Crippen molar-refractivity contribution >= 4 is 11.8 Å². The Morgan fingerprint density at radius 1 is 1.15 bits per heavy atom. The lowest BCUT2D eigenvalue weighted by atomic mass is 9.85. The first-order chi connectivity index (χ1) is 16.1. The number of hydrogen-bond acceptors (Lipinski definition) is 5. The maximum Gasteiger partial charge on any atom is 0.243 e. The summed E-state index contributed by atoms with van der Waals surface area (Å²) in [6.07, 6.45) is 8.99. The molecule has 3 rings (SSSR count). The van der Waals surface area contributed by atoms with Crippen LogP contribution in [0.15, 0.2) is 0 Å². The largest absolute Gasteiger partial charge is 0.381 e. The van der Waals surface area contributed by atoms with Gasteiger partial charge in [0.15, 0.2) is 0 Å². The van der Waals surface area contributed by atoms with Crippen molar-refractivity contribution in [3.8, 4) is 0 Å². The van der Waals surface area contributed by atoms with E-state index in [1.165, 1.54) is 32.1 Å². The number of carbonyl (C=O) groups is 2. The number of ether oxygens (including phenoxy) is 2. The van der Waals surface area contributed by atoms with Crippen molar-refractivity contribution in [2.45, 2.75) is 76.8 Å². The Balaban J connectivity index is 1.70. The van der Waals surface area contributed by atoms with E-state index in [1.807, 2.05) is 6.92 Å². The summed E-state index contributed by atoms with van der Waals surface area (Å²) in [6.45, 7) is 6.37. The topological polar surface area (TPSA) is 71.1 Å². The van der Waals surface area contributed by atoms with Crippen LogP contribution in [0.5, 0.6) is 0 Å². The number of hydrogen-bond donors (Lipinski definition) is 1. The van der Waals surface area contributed by atoms with Crippen LogP contribution in [0.25, 0.3) is 0 Å². The molecule has 0 aromatic carbocycles. The van der Waals surface area contributed by atoms with Gasteiger partial charge in [-0.25, -0.2) is 0 Å². The molecule has 2 unspecified atom stereocenters. The molecule has 0 bridgehead atoms. The number of nitrogens with zero attached hydrogens (tertiary/aromatic N) is 2. The van der Waals surface area contributed by atoms with Crippen LogP contribution < -0.4 is 5.32 Å². The minimum absolute atomic E-state index is 0.0859. The van der Waals surface area contributed by atoms with Gasteiger partial charge in [-0.2, -0.15) is 0 Å². The van der Waals surface area contributed by atoms with E-state index in [-0.39, 0.29) is 30.1 Å². The van der Waals surface area contributed by atoms with Crippen molar-refractivity contribution in [1.82, 2.24) is 15.1 Å². The number of rotatable bonds is 12. The van der Waals surface area contributed by atoms with Crippen molar-refractivity contribution in [3.63, 3.8) is 0 Å². The van der Waals surface area contributed by atoms with Crippen LogP contribution in [0.3, 0.4) is 0 Å². The minimum Gasteiger partial charge on any atom is -0.381 e. The Morgan fingerprint density at radius 2 is 1.91 bits per heavy atom. The molecule has 0 aromatic heterocycles. The second-order valence-electron chi connectivity index (χ2n) is 9.81. The molecule has 3 fully saturated rings. The summed E-state index contributed by atoms with van der Waals surface area (Å²) < 4.78 is 24.1. The molecular weight excluding hydrogens is 425 g/mol. The Morgan fingerprint density at radius 3 is 2.55 bits per heavy atom.